The highest BCUT2D eigenvalue weighted by Gasteiger charge is 2.22. The summed E-state index contributed by atoms with van der Waals surface area (Å²) in [5.41, 5.74) is 0.177. The summed E-state index contributed by atoms with van der Waals surface area (Å²) in [7, 11) is 1.34. The molecule has 6 nitrogen and oxygen atoms in total. The van der Waals surface area contributed by atoms with Gasteiger partial charge < -0.3 is 14.9 Å². The average molecular weight is 306 g/mol. The number of non-ortho nitro benzene ring substituents is 1. The third-order valence-electron chi connectivity index (χ3n) is 2.27. The lowest BCUT2D eigenvalue weighted by molar-refractivity contribution is -0.385. The molecule has 2 N–H and O–H groups in total. The average Bonchev–Trinajstić information content (AvgIpc) is 2.35. The molecule has 0 saturated heterocycles. The molecule has 1 aromatic carbocycles. The van der Waals surface area contributed by atoms with Crippen molar-refractivity contribution in [3.8, 4) is 5.75 Å². The highest BCUT2D eigenvalue weighted by atomic mass is 79.9. The van der Waals surface area contributed by atoms with Crippen LogP contribution < -0.4 is 4.74 Å². The van der Waals surface area contributed by atoms with Crippen LogP contribution in [0.1, 0.15) is 11.7 Å². The number of aliphatic hydroxyl groups excluding tert-OH is 2. The first-order valence-electron chi connectivity index (χ1n) is 4.75. The van der Waals surface area contributed by atoms with E-state index >= 15 is 0 Å². The van der Waals surface area contributed by atoms with Crippen LogP contribution in [0.25, 0.3) is 0 Å². The second-order valence-corrected chi connectivity index (χ2v) is 4.00. The Labute approximate surface area is 106 Å². The van der Waals surface area contributed by atoms with Gasteiger partial charge in [0.25, 0.3) is 5.69 Å². The number of halogens is 1. The van der Waals surface area contributed by atoms with Crippen molar-refractivity contribution in [1.82, 2.24) is 0 Å². The molecule has 2 atom stereocenters. The van der Waals surface area contributed by atoms with E-state index in [2.05, 4.69) is 15.9 Å². The Morgan fingerprint density at radius 1 is 1.53 bits per heavy atom. The molecular formula is C10H12BrNO5. The molecule has 94 valence electrons. The van der Waals surface area contributed by atoms with Gasteiger partial charge in [-0.3, -0.25) is 10.1 Å². The topological polar surface area (TPSA) is 92.8 Å². The number of hydrogen-bond donors (Lipinski definition) is 2. The SMILES string of the molecule is COc1cc([N+](=O)[O-])ccc1C(O)C(O)CBr. The second kappa shape index (κ2) is 5.95. The minimum Gasteiger partial charge on any atom is -0.496 e. The quantitative estimate of drug-likeness (QED) is 0.487. The van der Waals surface area contributed by atoms with Crippen LogP contribution in [0.15, 0.2) is 18.2 Å². The van der Waals surface area contributed by atoms with Crippen molar-refractivity contribution in [3.63, 3.8) is 0 Å². The van der Waals surface area contributed by atoms with Gasteiger partial charge in [0.15, 0.2) is 0 Å². The number of rotatable bonds is 5. The van der Waals surface area contributed by atoms with Crippen molar-refractivity contribution in [2.24, 2.45) is 0 Å². The van der Waals surface area contributed by atoms with Gasteiger partial charge in [0, 0.05) is 17.0 Å². The molecule has 0 bridgehead atoms. The van der Waals surface area contributed by atoms with Crippen LogP contribution in [0.5, 0.6) is 5.75 Å². The van der Waals surface area contributed by atoms with Crippen LogP contribution in [-0.2, 0) is 0 Å². The summed E-state index contributed by atoms with van der Waals surface area (Å²) in [4.78, 5) is 10.0. The van der Waals surface area contributed by atoms with Crippen molar-refractivity contribution in [3.05, 3.63) is 33.9 Å². The molecule has 0 amide bonds. The summed E-state index contributed by atoms with van der Waals surface area (Å²) in [5.74, 6) is 0.173. The normalized spacial score (nSPS) is 14.1. The number of aliphatic hydroxyl groups is 2. The monoisotopic (exact) mass is 305 g/mol. The fraction of sp³-hybridized carbons (Fsp3) is 0.400. The predicted octanol–water partition coefficient (Wildman–Crippen LogP) is 1.39. The predicted molar refractivity (Wildman–Crippen MR) is 64.4 cm³/mol. The van der Waals surface area contributed by atoms with Gasteiger partial charge >= 0.3 is 0 Å². The molecule has 0 aliphatic heterocycles. The van der Waals surface area contributed by atoms with Crippen molar-refractivity contribution in [2.45, 2.75) is 12.2 Å². The summed E-state index contributed by atoms with van der Waals surface area (Å²) in [6.45, 7) is 0. The van der Waals surface area contributed by atoms with E-state index in [1.807, 2.05) is 0 Å². The van der Waals surface area contributed by atoms with E-state index < -0.39 is 17.1 Å². The number of alkyl halides is 1. The molecule has 0 aliphatic rings. The van der Waals surface area contributed by atoms with Crippen LogP contribution in [0.4, 0.5) is 5.69 Å². The first kappa shape index (κ1) is 13.9. The summed E-state index contributed by atoms with van der Waals surface area (Å²) < 4.78 is 4.96. The molecule has 0 aliphatic carbocycles. The zero-order valence-electron chi connectivity index (χ0n) is 9.04. The molecule has 0 fully saturated rings. The number of hydrogen-bond acceptors (Lipinski definition) is 5. The van der Waals surface area contributed by atoms with Gasteiger partial charge in [0.1, 0.15) is 11.9 Å². The molecule has 1 rings (SSSR count). The minimum atomic E-state index is -1.16. The Morgan fingerprint density at radius 3 is 2.65 bits per heavy atom. The minimum absolute atomic E-state index is 0.133. The molecule has 0 saturated carbocycles. The number of methoxy groups -OCH3 is 1. The van der Waals surface area contributed by atoms with E-state index in [0.29, 0.717) is 5.56 Å². The van der Waals surface area contributed by atoms with Gasteiger partial charge in [0.05, 0.1) is 24.2 Å². The van der Waals surface area contributed by atoms with Gasteiger partial charge in [-0.1, -0.05) is 15.9 Å². The van der Waals surface area contributed by atoms with Crippen molar-refractivity contribution in [1.29, 1.82) is 0 Å². The van der Waals surface area contributed by atoms with Crippen LogP contribution >= 0.6 is 15.9 Å². The largest absolute Gasteiger partial charge is 0.496 e. The van der Waals surface area contributed by atoms with Gasteiger partial charge in [-0.15, -0.1) is 0 Å². The fourth-order valence-corrected chi connectivity index (χ4v) is 1.70. The van der Waals surface area contributed by atoms with Crippen LogP contribution in [0.3, 0.4) is 0 Å². The maximum absolute atomic E-state index is 10.6. The number of nitro benzene ring substituents is 1. The molecule has 1 aromatic rings. The van der Waals surface area contributed by atoms with Crippen molar-refractivity contribution < 1.29 is 19.9 Å². The Morgan fingerprint density at radius 2 is 2.18 bits per heavy atom. The lowest BCUT2D eigenvalue weighted by atomic mass is 10.0. The summed E-state index contributed by atoms with van der Waals surface area (Å²) in [5, 5.41) is 30.1. The third kappa shape index (κ3) is 3.15. The fourth-order valence-electron chi connectivity index (χ4n) is 1.35. The zero-order chi connectivity index (χ0) is 13.0. The molecule has 0 spiro atoms. The van der Waals surface area contributed by atoms with Gasteiger partial charge in [-0.05, 0) is 6.07 Å². The van der Waals surface area contributed by atoms with Crippen molar-refractivity contribution >= 4 is 21.6 Å². The highest BCUT2D eigenvalue weighted by molar-refractivity contribution is 9.09. The molecule has 0 heterocycles. The molecule has 7 heteroatoms. The zero-order valence-corrected chi connectivity index (χ0v) is 10.6. The standard InChI is InChI=1S/C10H12BrNO5/c1-17-9-4-6(12(15)16)2-3-7(9)10(14)8(13)5-11/h2-4,8,10,13-14H,5H2,1H3. The Kier molecular flexibility index (Phi) is 4.86. The summed E-state index contributed by atoms with van der Waals surface area (Å²) in [6, 6.07) is 3.83. The number of benzene rings is 1. The summed E-state index contributed by atoms with van der Waals surface area (Å²) >= 11 is 3.04. The van der Waals surface area contributed by atoms with E-state index in [1.54, 1.807) is 0 Å². The third-order valence-corrected chi connectivity index (χ3v) is 2.93. The smallest absolute Gasteiger partial charge is 0.273 e. The molecular weight excluding hydrogens is 294 g/mol. The maximum Gasteiger partial charge on any atom is 0.273 e. The Bertz CT molecular complexity index is 412. The van der Waals surface area contributed by atoms with Gasteiger partial charge in [-0.25, -0.2) is 0 Å². The molecule has 0 radical (unpaired) electrons. The first-order valence-corrected chi connectivity index (χ1v) is 5.87. The van der Waals surface area contributed by atoms with Crippen LogP contribution in [-0.4, -0.2) is 33.7 Å². The van der Waals surface area contributed by atoms with E-state index in [4.69, 9.17) is 4.74 Å². The van der Waals surface area contributed by atoms with Gasteiger partial charge in [0.2, 0.25) is 0 Å². The lowest BCUT2D eigenvalue weighted by Crippen LogP contribution is -2.20. The Balaban J connectivity index is 3.12. The van der Waals surface area contributed by atoms with E-state index in [-0.39, 0.29) is 16.8 Å². The summed E-state index contributed by atoms with van der Waals surface area (Å²) in [6.07, 6.45) is -2.17. The highest BCUT2D eigenvalue weighted by Crippen LogP contribution is 2.31. The van der Waals surface area contributed by atoms with Crippen LogP contribution in [0, 0.1) is 10.1 Å². The molecule has 2 unspecified atom stereocenters. The van der Waals surface area contributed by atoms with E-state index in [9.17, 15) is 20.3 Å². The maximum atomic E-state index is 10.6. The van der Waals surface area contributed by atoms with Gasteiger partial charge in [-0.2, -0.15) is 0 Å². The number of nitrogens with zero attached hydrogens (tertiary/aromatic N) is 1. The van der Waals surface area contributed by atoms with E-state index in [0.717, 1.165) is 0 Å². The molecule has 0 aromatic heterocycles. The van der Waals surface area contributed by atoms with Crippen LogP contribution in [0.2, 0.25) is 0 Å². The molecule has 17 heavy (non-hydrogen) atoms. The van der Waals surface area contributed by atoms with Crippen molar-refractivity contribution in [2.75, 3.05) is 12.4 Å². The lowest BCUT2D eigenvalue weighted by Gasteiger charge is -2.18. The second-order valence-electron chi connectivity index (χ2n) is 3.35. The number of nitro groups is 1. The first-order chi connectivity index (χ1) is 8.01. The number of ether oxygens (including phenoxy) is 1. The van der Waals surface area contributed by atoms with E-state index in [1.165, 1.54) is 25.3 Å². The Hall–Kier alpha value is -1.18.